The summed E-state index contributed by atoms with van der Waals surface area (Å²) >= 11 is 2.70. The van der Waals surface area contributed by atoms with Gasteiger partial charge in [0, 0.05) is 0 Å². The van der Waals surface area contributed by atoms with E-state index in [0.29, 0.717) is 5.75 Å². The molecule has 17 heavy (non-hydrogen) atoms. The smallest absolute Gasteiger partial charge is 0.410 e. The summed E-state index contributed by atoms with van der Waals surface area (Å²) in [5.41, 5.74) is 0. The van der Waals surface area contributed by atoms with E-state index in [4.69, 9.17) is 4.74 Å². The molecule has 1 N–H and O–H groups in total. The fourth-order valence-corrected chi connectivity index (χ4v) is 2.02. The second-order valence-corrected chi connectivity index (χ2v) is 4.72. The van der Waals surface area contributed by atoms with Crippen LogP contribution in [0.15, 0.2) is 34.7 Å². The van der Waals surface area contributed by atoms with Crippen LogP contribution in [0.4, 0.5) is 10.7 Å². The number of para-hydroxylation sites is 1. The first-order chi connectivity index (χ1) is 8.28. The number of amides is 1. The zero-order valence-electron chi connectivity index (χ0n) is 8.91. The Morgan fingerprint density at radius 1 is 1.41 bits per heavy atom. The van der Waals surface area contributed by atoms with Gasteiger partial charge in [-0.05, 0) is 29.9 Å². The quantitative estimate of drug-likeness (QED) is 0.866. The highest BCUT2D eigenvalue weighted by atomic mass is 32.2. The molecule has 0 radical (unpaired) electrons. The molecule has 0 saturated carbocycles. The van der Waals surface area contributed by atoms with Crippen molar-refractivity contribution in [3.8, 4) is 5.75 Å². The third-order valence-corrected chi connectivity index (χ3v) is 3.43. The third kappa shape index (κ3) is 3.43. The van der Waals surface area contributed by atoms with E-state index < -0.39 is 6.09 Å². The van der Waals surface area contributed by atoms with Gasteiger partial charge in [0.15, 0.2) is 4.34 Å². The molecule has 1 amide bonds. The Balaban J connectivity index is 1.93. The summed E-state index contributed by atoms with van der Waals surface area (Å²) in [6, 6.07) is 8.81. The van der Waals surface area contributed by atoms with Crippen molar-refractivity contribution < 1.29 is 9.53 Å². The summed E-state index contributed by atoms with van der Waals surface area (Å²) in [6.45, 7) is 0. The number of carbonyl (C=O) groups excluding carboxylic acids is 1. The molecule has 0 saturated heterocycles. The molecule has 0 aliphatic heterocycles. The van der Waals surface area contributed by atoms with Gasteiger partial charge in [-0.15, -0.1) is 0 Å². The Kier molecular flexibility index (Phi) is 3.94. The Labute approximate surface area is 106 Å². The lowest BCUT2D eigenvalue weighted by Gasteiger charge is -2.02. The number of anilines is 1. The van der Waals surface area contributed by atoms with Crippen molar-refractivity contribution in [2.24, 2.45) is 0 Å². The van der Waals surface area contributed by atoms with E-state index >= 15 is 0 Å². The van der Waals surface area contributed by atoms with Gasteiger partial charge in [-0.3, -0.25) is 5.32 Å². The third-order valence-electron chi connectivity index (χ3n) is 1.75. The van der Waals surface area contributed by atoms with Crippen LogP contribution >= 0.6 is 23.3 Å². The monoisotopic (exact) mass is 267 g/mol. The van der Waals surface area contributed by atoms with Crippen LogP contribution in [-0.4, -0.2) is 21.7 Å². The van der Waals surface area contributed by atoms with E-state index in [-0.39, 0.29) is 5.95 Å². The summed E-state index contributed by atoms with van der Waals surface area (Å²) < 4.78 is 9.79. The molecule has 2 rings (SSSR count). The summed E-state index contributed by atoms with van der Waals surface area (Å²) in [5, 5.41) is 2.46. The molecular formula is C10H9N3O2S2. The van der Waals surface area contributed by atoms with Gasteiger partial charge in [-0.1, -0.05) is 30.0 Å². The minimum atomic E-state index is -0.596. The minimum Gasteiger partial charge on any atom is -0.410 e. The number of aromatic nitrogens is 2. The second kappa shape index (κ2) is 5.65. The second-order valence-electron chi connectivity index (χ2n) is 2.92. The van der Waals surface area contributed by atoms with Gasteiger partial charge in [0.05, 0.1) is 0 Å². The predicted molar refractivity (Wildman–Crippen MR) is 67.8 cm³/mol. The zero-order valence-corrected chi connectivity index (χ0v) is 10.5. The molecule has 1 aromatic heterocycles. The van der Waals surface area contributed by atoms with Crippen LogP contribution in [0.5, 0.6) is 5.75 Å². The molecule has 0 unspecified atom stereocenters. The lowest BCUT2D eigenvalue weighted by atomic mass is 10.3. The van der Waals surface area contributed by atoms with Gasteiger partial charge in [0.1, 0.15) is 5.75 Å². The van der Waals surface area contributed by atoms with Crippen molar-refractivity contribution in [1.29, 1.82) is 0 Å². The van der Waals surface area contributed by atoms with Gasteiger partial charge in [-0.25, -0.2) is 4.79 Å². The van der Waals surface area contributed by atoms with Crippen LogP contribution in [0.25, 0.3) is 0 Å². The molecular weight excluding hydrogens is 258 g/mol. The van der Waals surface area contributed by atoms with E-state index in [1.54, 1.807) is 24.3 Å². The summed E-state index contributed by atoms with van der Waals surface area (Å²) in [6.07, 6.45) is 1.30. The van der Waals surface area contributed by atoms with Crippen LogP contribution in [0.2, 0.25) is 0 Å². The van der Waals surface area contributed by atoms with Crippen LogP contribution in [0, 0.1) is 0 Å². The molecule has 2 aromatic rings. The van der Waals surface area contributed by atoms with Crippen molar-refractivity contribution in [2.45, 2.75) is 4.34 Å². The highest BCUT2D eigenvalue weighted by molar-refractivity contribution is 8.00. The van der Waals surface area contributed by atoms with Crippen molar-refractivity contribution >= 4 is 35.3 Å². The van der Waals surface area contributed by atoms with Gasteiger partial charge in [0.25, 0.3) is 0 Å². The van der Waals surface area contributed by atoms with Crippen molar-refractivity contribution in [3.63, 3.8) is 0 Å². The Bertz CT molecular complexity index is 501. The molecule has 0 spiro atoms. The number of ether oxygens (including phenoxy) is 1. The largest absolute Gasteiger partial charge is 0.419 e. The first-order valence-electron chi connectivity index (χ1n) is 4.69. The fraction of sp³-hybridized carbons (Fsp3) is 0.100. The minimum absolute atomic E-state index is 0.264. The first-order valence-corrected chi connectivity index (χ1v) is 6.69. The highest BCUT2D eigenvalue weighted by Crippen LogP contribution is 2.19. The SMILES string of the molecule is CSc1nc(NC(=O)Oc2ccccc2)ns1. The van der Waals surface area contributed by atoms with E-state index in [2.05, 4.69) is 14.7 Å². The standard InChI is InChI=1S/C10H9N3O2S2/c1-16-10-12-8(13-17-10)11-9(14)15-7-5-3-2-4-6-7/h2-6H,1H3,(H,11,13,14). The average molecular weight is 267 g/mol. The average Bonchev–Trinajstić information content (AvgIpc) is 2.78. The van der Waals surface area contributed by atoms with Crippen molar-refractivity contribution in [2.75, 3.05) is 11.6 Å². The van der Waals surface area contributed by atoms with E-state index in [0.717, 1.165) is 4.34 Å². The number of thioether (sulfide) groups is 1. The van der Waals surface area contributed by atoms with Crippen molar-refractivity contribution in [3.05, 3.63) is 30.3 Å². The number of hydrogen-bond donors (Lipinski definition) is 1. The van der Waals surface area contributed by atoms with E-state index in [1.807, 2.05) is 12.3 Å². The number of nitrogens with zero attached hydrogens (tertiary/aromatic N) is 2. The van der Waals surface area contributed by atoms with E-state index in [1.165, 1.54) is 23.3 Å². The van der Waals surface area contributed by atoms with Crippen LogP contribution in [0.1, 0.15) is 0 Å². The maximum Gasteiger partial charge on any atom is 0.419 e. The summed E-state index contributed by atoms with van der Waals surface area (Å²) in [5.74, 6) is 0.741. The molecule has 1 heterocycles. The van der Waals surface area contributed by atoms with Gasteiger partial charge >= 0.3 is 6.09 Å². The lowest BCUT2D eigenvalue weighted by Crippen LogP contribution is -2.17. The molecule has 7 heteroatoms. The highest BCUT2D eigenvalue weighted by Gasteiger charge is 2.09. The Morgan fingerprint density at radius 3 is 2.82 bits per heavy atom. The fourth-order valence-electron chi connectivity index (χ4n) is 1.06. The molecule has 88 valence electrons. The molecule has 5 nitrogen and oxygen atoms in total. The Morgan fingerprint density at radius 2 is 2.18 bits per heavy atom. The molecule has 0 bridgehead atoms. The number of benzene rings is 1. The molecule has 0 aliphatic carbocycles. The predicted octanol–water partition coefficient (Wildman–Crippen LogP) is 2.87. The summed E-state index contributed by atoms with van der Waals surface area (Å²) in [7, 11) is 0. The van der Waals surface area contributed by atoms with E-state index in [9.17, 15) is 4.79 Å². The van der Waals surface area contributed by atoms with Crippen LogP contribution in [0.3, 0.4) is 0 Å². The molecule has 1 aromatic carbocycles. The van der Waals surface area contributed by atoms with Crippen LogP contribution in [-0.2, 0) is 0 Å². The topological polar surface area (TPSA) is 64.1 Å². The molecule has 0 fully saturated rings. The number of nitrogens with one attached hydrogen (secondary N) is 1. The number of rotatable bonds is 3. The van der Waals surface area contributed by atoms with Gasteiger partial charge < -0.3 is 4.74 Å². The first kappa shape index (κ1) is 11.9. The normalized spacial score (nSPS) is 9.94. The maximum atomic E-state index is 11.5. The summed E-state index contributed by atoms with van der Waals surface area (Å²) in [4.78, 5) is 15.5. The van der Waals surface area contributed by atoms with Gasteiger partial charge in [0.2, 0.25) is 5.95 Å². The molecule has 0 aliphatic rings. The number of hydrogen-bond acceptors (Lipinski definition) is 6. The van der Waals surface area contributed by atoms with Crippen LogP contribution < -0.4 is 10.1 Å². The lowest BCUT2D eigenvalue weighted by molar-refractivity contribution is 0.215. The zero-order chi connectivity index (χ0) is 12.1. The number of carbonyl (C=O) groups is 1. The van der Waals surface area contributed by atoms with Gasteiger partial charge in [-0.2, -0.15) is 9.36 Å². The molecule has 0 atom stereocenters. The van der Waals surface area contributed by atoms with Crippen molar-refractivity contribution in [1.82, 2.24) is 9.36 Å². The maximum absolute atomic E-state index is 11.5. The Hall–Kier alpha value is -1.60.